The van der Waals surface area contributed by atoms with E-state index in [-0.39, 0.29) is 13.3 Å². The maximum Gasteiger partial charge on any atom is 0.0902 e. The van der Waals surface area contributed by atoms with E-state index >= 15 is 0 Å². The van der Waals surface area contributed by atoms with Gasteiger partial charge in [0, 0.05) is 11.9 Å². The van der Waals surface area contributed by atoms with Crippen molar-refractivity contribution < 1.29 is 9.50 Å². The summed E-state index contributed by atoms with van der Waals surface area (Å²) in [5, 5.41) is 8.97. The van der Waals surface area contributed by atoms with Gasteiger partial charge in [0.2, 0.25) is 0 Å². The molecule has 0 aromatic heterocycles. The first kappa shape index (κ1) is 10.2. The molecule has 1 unspecified atom stereocenters. The highest BCUT2D eigenvalue weighted by atomic mass is 32.2. The van der Waals surface area contributed by atoms with E-state index in [1.54, 1.807) is 11.8 Å². The predicted molar refractivity (Wildman–Crippen MR) is 44.2 cm³/mol. The molecule has 0 aliphatic heterocycles. The number of halogens is 1. The number of aliphatic hydroxyl groups excluding tert-OH is 1. The van der Waals surface area contributed by atoms with E-state index in [9.17, 15) is 4.39 Å². The highest BCUT2D eigenvalue weighted by molar-refractivity contribution is 7.99. The Morgan fingerprint density at radius 1 is 1.60 bits per heavy atom. The summed E-state index contributed by atoms with van der Waals surface area (Å²) in [6.45, 7) is 2.07. The molecule has 0 aliphatic carbocycles. The van der Waals surface area contributed by atoms with Crippen molar-refractivity contribution in [2.24, 2.45) is 0 Å². The molecule has 0 rings (SSSR count). The molecule has 0 aromatic rings. The Bertz CT molecular complexity index is 70.6. The Hall–Kier alpha value is 0.240. The molecule has 0 bridgehead atoms. The Morgan fingerprint density at radius 3 is 2.80 bits per heavy atom. The zero-order valence-electron chi connectivity index (χ0n) is 6.35. The topological polar surface area (TPSA) is 20.2 Å². The maximum absolute atomic E-state index is 11.6. The van der Waals surface area contributed by atoms with Gasteiger partial charge in [-0.15, -0.1) is 0 Å². The van der Waals surface area contributed by atoms with E-state index in [2.05, 4.69) is 6.92 Å². The van der Waals surface area contributed by atoms with Crippen LogP contribution in [-0.2, 0) is 0 Å². The van der Waals surface area contributed by atoms with Crippen LogP contribution in [0.4, 0.5) is 4.39 Å². The summed E-state index contributed by atoms with van der Waals surface area (Å²) in [7, 11) is 0. The third-order valence-corrected chi connectivity index (χ3v) is 2.55. The van der Waals surface area contributed by atoms with Crippen LogP contribution in [0.15, 0.2) is 0 Å². The van der Waals surface area contributed by atoms with Gasteiger partial charge in [0.15, 0.2) is 0 Å². The standard InChI is InChI=1S/C7H15FOS/c1-7(3-5-9)10-6-2-4-8/h7,9H,2-6H2,1H3. The number of aliphatic hydroxyl groups is 1. The molecule has 1 nitrogen and oxygen atoms in total. The van der Waals surface area contributed by atoms with Gasteiger partial charge in [0.05, 0.1) is 6.67 Å². The normalized spacial score (nSPS) is 13.5. The van der Waals surface area contributed by atoms with Crippen molar-refractivity contribution in [2.75, 3.05) is 19.0 Å². The molecule has 0 aromatic carbocycles. The number of hydrogen-bond donors (Lipinski definition) is 1. The lowest BCUT2D eigenvalue weighted by molar-refractivity contribution is 0.289. The quantitative estimate of drug-likeness (QED) is 0.608. The Balaban J connectivity index is 2.97. The number of rotatable bonds is 6. The molecular formula is C7H15FOS. The number of thioether (sulfide) groups is 1. The van der Waals surface area contributed by atoms with Crippen LogP contribution in [0.2, 0.25) is 0 Å². The highest BCUT2D eigenvalue weighted by Crippen LogP contribution is 2.14. The molecule has 0 radical (unpaired) electrons. The number of alkyl halides is 1. The van der Waals surface area contributed by atoms with E-state index in [1.165, 1.54) is 0 Å². The van der Waals surface area contributed by atoms with Crippen LogP contribution in [0.1, 0.15) is 19.8 Å². The predicted octanol–water partition coefficient (Wildman–Crippen LogP) is 1.85. The zero-order valence-corrected chi connectivity index (χ0v) is 7.16. The van der Waals surface area contributed by atoms with Crippen LogP contribution in [0, 0.1) is 0 Å². The van der Waals surface area contributed by atoms with E-state index in [0.29, 0.717) is 11.7 Å². The molecule has 10 heavy (non-hydrogen) atoms. The molecular weight excluding hydrogens is 151 g/mol. The fourth-order valence-electron chi connectivity index (χ4n) is 0.604. The summed E-state index contributed by atoms with van der Waals surface area (Å²) in [5.74, 6) is 0.873. The van der Waals surface area contributed by atoms with Crippen molar-refractivity contribution in [3.05, 3.63) is 0 Å². The van der Waals surface area contributed by atoms with E-state index in [1.807, 2.05) is 0 Å². The molecule has 3 heteroatoms. The largest absolute Gasteiger partial charge is 0.396 e. The van der Waals surface area contributed by atoms with Crippen molar-refractivity contribution in [3.8, 4) is 0 Å². The van der Waals surface area contributed by atoms with Crippen molar-refractivity contribution in [2.45, 2.75) is 25.0 Å². The molecule has 0 saturated carbocycles. The van der Waals surface area contributed by atoms with Crippen LogP contribution in [-0.4, -0.2) is 29.4 Å². The molecule has 0 aliphatic rings. The van der Waals surface area contributed by atoms with Crippen LogP contribution in [0.3, 0.4) is 0 Å². The Kier molecular flexibility index (Phi) is 7.52. The van der Waals surface area contributed by atoms with Gasteiger partial charge >= 0.3 is 0 Å². The summed E-state index contributed by atoms with van der Waals surface area (Å²) in [5.41, 5.74) is 0. The summed E-state index contributed by atoms with van der Waals surface area (Å²) in [6, 6.07) is 0. The fraction of sp³-hybridized carbons (Fsp3) is 1.00. The smallest absolute Gasteiger partial charge is 0.0902 e. The molecule has 1 N–H and O–H groups in total. The van der Waals surface area contributed by atoms with Gasteiger partial charge in [-0.05, 0) is 18.6 Å². The van der Waals surface area contributed by atoms with Gasteiger partial charge in [-0.25, -0.2) is 0 Å². The second kappa shape index (κ2) is 7.35. The number of hydrogen-bond acceptors (Lipinski definition) is 2. The lowest BCUT2D eigenvalue weighted by Crippen LogP contribution is -2.00. The van der Waals surface area contributed by atoms with Crippen molar-refractivity contribution in [1.29, 1.82) is 0 Å². The van der Waals surface area contributed by atoms with Crippen LogP contribution < -0.4 is 0 Å². The molecule has 0 heterocycles. The van der Waals surface area contributed by atoms with E-state index in [4.69, 9.17) is 5.11 Å². The first-order valence-corrected chi connectivity index (χ1v) is 4.64. The highest BCUT2D eigenvalue weighted by Gasteiger charge is 1.99. The van der Waals surface area contributed by atoms with Gasteiger partial charge in [0.25, 0.3) is 0 Å². The second-order valence-corrected chi connectivity index (χ2v) is 3.78. The first-order valence-electron chi connectivity index (χ1n) is 3.59. The van der Waals surface area contributed by atoms with Gasteiger partial charge in [-0.2, -0.15) is 11.8 Å². The van der Waals surface area contributed by atoms with Crippen molar-refractivity contribution >= 4 is 11.8 Å². The monoisotopic (exact) mass is 166 g/mol. The zero-order chi connectivity index (χ0) is 7.82. The van der Waals surface area contributed by atoms with E-state index in [0.717, 1.165) is 12.2 Å². The first-order chi connectivity index (χ1) is 4.81. The van der Waals surface area contributed by atoms with Gasteiger partial charge in [0.1, 0.15) is 0 Å². The van der Waals surface area contributed by atoms with Crippen LogP contribution in [0.25, 0.3) is 0 Å². The molecule has 0 amide bonds. The molecule has 0 saturated heterocycles. The lowest BCUT2D eigenvalue weighted by atomic mass is 10.3. The van der Waals surface area contributed by atoms with Crippen molar-refractivity contribution in [3.63, 3.8) is 0 Å². The molecule has 1 atom stereocenters. The summed E-state index contributed by atoms with van der Waals surface area (Å²) < 4.78 is 11.6. The van der Waals surface area contributed by atoms with Gasteiger partial charge in [-0.1, -0.05) is 6.92 Å². The molecule has 62 valence electrons. The van der Waals surface area contributed by atoms with Crippen LogP contribution in [0.5, 0.6) is 0 Å². The minimum absolute atomic E-state index is 0.223. The van der Waals surface area contributed by atoms with E-state index < -0.39 is 0 Å². The molecule has 0 fully saturated rings. The molecule has 0 spiro atoms. The van der Waals surface area contributed by atoms with Crippen molar-refractivity contribution in [1.82, 2.24) is 0 Å². The fourth-order valence-corrected chi connectivity index (χ4v) is 1.55. The van der Waals surface area contributed by atoms with Crippen LogP contribution >= 0.6 is 11.8 Å². The third-order valence-electron chi connectivity index (χ3n) is 1.22. The lowest BCUT2D eigenvalue weighted by Gasteiger charge is -2.07. The summed E-state index contributed by atoms with van der Waals surface area (Å²) in [4.78, 5) is 0. The minimum atomic E-state index is -0.223. The minimum Gasteiger partial charge on any atom is -0.396 e. The van der Waals surface area contributed by atoms with Gasteiger partial charge < -0.3 is 5.11 Å². The Labute approximate surface area is 66.0 Å². The second-order valence-electron chi connectivity index (χ2n) is 2.24. The SMILES string of the molecule is CC(CCO)SCCCF. The average molecular weight is 166 g/mol. The summed E-state index contributed by atoms with van der Waals surface area (Å²) in [6.07, 6.45) is 1.46. The average Bonchev–Trinajstić information content (AvgIpc) is 1.89. The van der Waals surface area contributed by atoms with Gasteiger partial charge in [-0.3, -0.25) is 4.39 Å². The Morgan fingerprint density at radius 2 is 2.30 bits per heavy atom. The maximum atomic E-state index is 11.6. The third kappa shape index (κ3) is 6.36. The summed E-state index contributed by atoms with van der Waals surface area (Å²) >= 11 is 1.73.